The minimum atomic E-state index is -1.04. The molecule has 6 fully saturated rings. The summed E-state index contributed by atoms with van der Waals surface area (Å²) < 4.78 is 24.5. The number of piperidine rings is 2. The maximum Gasteiger partial charge on any atom is 0.417 e. The van der Waals surface area contributed by atoms with Gasteiger partial charge in [0.1, 0.15) is 0 Å². The highest BCUT2D eigenvalue weighted by molar-refractivity contribution is 5.94. The summed E-state index contributed by atoms with van der Waals surface area (Å²) in [6.07, 6.45) is 13.8. The number of rotatable bonds is 12. The molecule has 24 heteroatoms. The number of aromatic nitrogens is 4. The number of fused-ring (bicyclic) bond motifs is 4. The van der Waals surface area contributed by atoms with Crippen LogP contribution in [0, 0.1) is 13.8 Å². The number of benzene rings is 4. The summed E-state index contributed by atoms with van der Waals surface area (Å²) in [5.74, 6) is -1.50. The highest BCUT2D eigenvalue weighted by atomic mass is 16.6. The average Bonchev–Trinajstić information content (AvgIpc) is 1.01. The van der Waals surface area contributed by atoms with Crippen LogP contribution in [0.15, 0.2) is 108 Å². The maximum absolute atomic E-state index is 14.0. The number of nitrogens with one attached hydrogen (secondary N) is 5. The summed E-state index contributed by atoms with van der Waals surface area (Å²) in [5, 5.41) is 5.97. The summed E-state index contributed by atoms with van der Waals surface area (Å²) in [7, 11) is 0. The van der Waals surface area contributed by atoms with Crippen LogP contribution in [-0.2, 0) is 37.4 Å². The largest absolute Gasteiger partial charge is 0.436 e. The molecule has 14 rings (SSSR count). The van der Waals surface area contributed by atoms with Gasteiger partial charge in [-0.1, -0.05) is 99.2 Å². The Morgan fingerprint density at radius 2 is 1.01 bits per heavy atom. The molecule has 7 aromatic rings. The number of piperazine rings is 2. The predicted octanol–water partition coefficient (Wildman–Crippen LogP) is 8.53. The summed E-state index contributed by atoms with van der Waals surface area (Å²) in [6.45, 7) is 10.9. The maximum atomic E-state index is 14.0. The number of para-hydroxylation sites is 1. The monoisotopic (exact) mass is 1290 g/mol. The Bertz CT molecular complexity index is 4050. The first kappa shape index (κ1) is 63.8. The Kier molecular flexibility index (Phi) is 19.0. The van der Waals surface area contributed by atoms with Gasteiger partial charge >= 0.3 is 35.4 Å². The number of hydrogen-bond donors (Lipinski definition) is 5. The highest BCUT2D eigenvalue weighted by Gasteiger charge is 2.44. The van der Waals surface area contributed by atoms with Gasteiger partial charge in [0.2, 0.25) is 0 Å². The van der Waals surface area contributed by atoms with E-state index < -0.39 is 41.4 Å². The lowest BCUT2D eigenvalue weighted by Gasteiger charge is -2.45. The summed E-state index contributed by atoms with van der Waals surface area (Å²) in [6, 6.07) is 25.6. The van der Waals surface area contributed by atoms with Crippen LogP contribution >= 0.6 is 0 Å². The molecule has 5 N–H and O–H groups in total. The average molecular weight is 1290 g/mol. The fraction of sp³-hybridized carbons (Fsp3) is 0.514. The topological polar surface area (TPSA) is 277 Å². The predicted molar refractivity (Wildman–Crippen MR) is 353 cm³/mol. The van der Waals surface area contributed by atoms with Crippen LogP contribution in [0.25, 0.3) is 33.5 Å². The second kappa shape index (κ2) is 28.0. The van der Waals surface area contributed by atoms with Crippen LogP contribution in [0.2, 0.25) is 0 Å². The third kappa shape index (κ3) is 14.1. The number of urea groups is 1. The van der Waals surface area contributed by atoms with Gasteiger partial charge in [-0.15, -0.1) is 0 Å². The second-order valence-corrected chi connectivity index (χ2v) is 26.7. The fourth-order valence-corrected chi connectivity index (χ4v) is 15.6. The molecular formula is C70H86N12O12. The van der Waals surface area contributed by atoms with Crippen LogP contribution in [0.3, 0.4) is 0 Å². The van der Waals surface area contributed by atoms with E-state index in [1.54, 1.807) is 26.5 Å². The Hall–Kier alpha value is -8.90. The van der Waals surface area contributed by atoms with Crippen molar-refractivity contribution in [1.29, 1.82) is 0 Å². The number of carbonyl (C=O) groups excluding carboxylic acids is 5. The smallest absolute Gasteiger partial charge is 0.417 e. The Balaban J connectivity index is 0.000000171. The van der Waals surface area contributed by atoms with Crippen LogP contribution in [0.4, 0.5) is 20.1 Å². The van der Waals surface area contributed by atoms with Crippen LogP contribution in [0.5, 0.6) is 0 Å². The molecule has 24 nitrogen and oxygen atoms in total. The molecule has 0 radical (unpaired) electrons. The molecule has 8 heterocycles. The minimum absolute atomic E-state index is 0.0566. The van der Waals surface area contributed by atoms with Gasteiger partial charge in [0, 0.05) is 127 Å². The van der Waals surface area contributed by atoms with E-state index in [0.29, 0.717) is 112 Å². The van der Waals surface area contributed by atoms with E-state index in [2.05, 4.69) is 35.4 Å². The third-order valence-electron chi connectivity index (χ3n) is 20.8. The molecule has 0 bridgehead atoms. The number of anilines is 1. The van der Waals surface area contributed by atoms with Crippen molar-refractivity contribution in [3.8, 4) is 11.3 Å². The zero-order chi connectivity index (χ0) is 65.0. The summed E-state index contributed by atoms with van der Waals surface area (Å²) >= 11 is 0. The number of nitrogens with zero attached hydrogens (tertiary/aromatic N) is 7. The van der Waals surface area contributed by atoms with Crippen molar-refractivity contribution in [3.05, 3.63) is 144 Å². The number of oxazole rings is 2. The third-order valence-corrected chi connectivity index (χ3v) is 20.8. The SMILES string of the molecule is Cc1cc(CC(OC(=O)N2CCC(n3cc(-c4ccccc4)[nH]c3=O)CC2)C(=O)N2CCN(C3CCCCC3)CC2)cc2oc(=O)[nH]c12.Cc1cc(CC(OC(=O)N2CCC3(CC2)NC(=O)Nc2ccccc23)C(=O)N2CCN(C3CCCCC3)CC2)cc2oc(=O)[nH]c12. The molecule has 2 atom stereocenters. The van der Waals surface area contributed by atoms with Crippen LogP contribution < -0.4 is 27.8 Å². The molecule has 4 aromatic carbocycles. The molecule has 3 aromatic heterocycles. The van der Waals surface area contributed by atoms with Crippen molar-refractivity contribution in [3.63, 3.8) is 0 Å². The number of hydrogen-bond acceptors (Lipinski definition) is 14. The van der Waals surface area contributed by atoms with E-state index in [-0.39, 0.29) is 42.4 Å². The lowest BCUT2D eigenvalue weighted by Crippen LogP contribution is -2.58. The normalized spacial score (nSPS) is 20.0. The van der Waals surface area contributed by atoms with Crippen molar-refractivity contribution in [2.75, 3.05) is 83.9 Å². The highest BCUT2D eigenvalue weighted by Crippen LogP contribution is 2.40. The number of H-pyrrole nitrogens is 3. The fourth-order valence-electron chi connectivity index (χ4n) is 15.6. The Morgan fingerprint density at radius 1 is 0.532 bits per heavy atom. The van der Waals surface area contributed by atoms with Gasteiger partial charge in [0.25, 0.3) is 11.8 Å². The van der Waals surface area contributed by atoms with Crippen molar-refractivity contribution >= 4 is 57.9 Å². The molecule has 4 saturated heterocycles. The lowest BCUT2D eigenvalue weighted by molar-refractivity contribution is -0.143. The van der Waals surface area contributed by atoms with Gasteiger partial charge in [0.15, 0.2) is 23.4 Å². The quantitative estimate of drug-likeness (QED) is 0.0767. The molecule has 7 aliphatic rings. The molecule has 94 heavy (non-hydrogen) atoms. The van der Waals surface area contributed by atoms with Gasteiger partial charge in [-0.05, 0) is 111 Å². The number of carbonyl (C=O) groups is 5. The molecule has 1 spiro atoms. The minimum Gasteiger partial charge on any atom is -0.436 e. The van der Waals surface area contributed by atoms with Gasteiger partial charge < -0.3 is 53.5 Å². The van der Waals surface area contributed by atoms with Crippen LogP contribution in [0.1, 0.15) is 124 Å². The van der Waals surface area contributed by atoms with E-state index in [9.17, 15) is 38.4 Å². The number of amides is 6. The van der Waals surface area contributed by atoms with E-state index >= 15 is 0 Å². The Labute approximate surface area is 544 Å². The number of aryl methyl sites for hydroxylation is 2. The van der Waals surface area contributed by atoms with Crippen molar-refractivity contribution in [2.24, 2.45) is 0 Å². The van der Waals surface area contributed by atoms with E-state index in [1.807, 2.05) is 96.6 Å². The lowest BCUT2D eigenvalue weighted by atomic mass is 9.79. The van der Waals surface area contributed by atoms with Gasteiger partial charge in [-0.2, -0.15) is 0 Å². The summed E-state index contributed by atoms with van der Waals surface area (Å²) in [4.78, 5) is 125. The number of ether oxygens (including phenoxy) is 2. The first-order chi connectivity index (χ1) is 45.6. The van der Waals surface area contributed by atoms with Crippen LogP contribution in [-0.4, -0.2) is 182 Å². The van der Waals surface area contributed by atoms with E-state index in [4.69, 9.17) is 18.3 Å². The molecule has 2 unspecified atom stereocenters. The standard InChI is InChI=1S/C36H44N6O6.C34H42N6O6/c1-24-20-25(21-30-32(24)38-35(45)47-30)22-31(33(43)40-18-16-39(17-19-40)27-10-6-3-7-11-27)48-36(46)41-14-12-28(13-15-41)42-23-29(37-34(42)44)26-8-4-2-5-9-26;1-22-19-23(20-27-29(22)36-32(43)45-27)21-28(30(41)39-17-15-38(16-18-39)24-7-3-2-4-8-24)46-33(44)40-13-11-34(12-14-40)25-9-5-6-10-26(25)35-31(42)37-34/h2,4-5,8-9,20-21,23,27-28,31H,3,6-7,10-19,22H2,1H3,(H,37,44)(H,38,45);5-6,9-10,19-20,24,28H,2-4,7-8,11-18,21H2,1H3,(H,36,43)(H2,35,37,42). The van der Waals surface area contributed by atoms with Gasteiger partial charge in [-0.25, -0.2) is 28.8 Å². The molecule has 498 valence electrons. The van der Waals surface area contributed by atoms with Crippen molar-refractivity contribution < 1.29 is 42.3 Å². The van der Waals surface area contributed by atoms with Crippen molar-refractivity contribution in [2.45, 2.75) is 152 Å². The van der Waals surface area contributed by atoms with Gasteiger partial charge in [-0.3, -0.25) is 33.9 Å². The Morgan fingerprint density at radius 3 is 1.52 bits per heavy atom. The first-order valence-electron chi connectivity index (χ1n) is 33.9. The molecule has 5 aliphatic heterocycles. The molecular weight excluding hydrogens is 1200 g/mol. The van der Waals surface area contributed by atoms with E-state index in [0.717, 1.165) is 70.9 Å². The first-order valence-corrected chi connectivity index (χ1v) is 33.9. The van der Waals surface area contributed by atoms with E-state index in [1.165, 1.54) is 64.2 Å². The zero-order valence-electron chi connectivity index (χ0n) is 53.8. The molecule has 2 saturated carbocycles. The molecule has 6 amide bonds. The number of aromatic amines is 3. The van der Waals surface area contributed by atoms with Gasteiger partial charge in [0.05, 0.1) is 22.3 Å². The second-order valence-electron chi connectivity index (χ2n) is 26.7. The zero-order valence-corrected chi connectivity index (χ0v) is 53.8. The molecule has 2 aliphatic carbocycles. The number of imidazole rings is 1. The number of likely N-dealkylation sites (tertiary alicyclic amines) is 2. The summed E-state index contributed by atoms with van der Waals surface area (Å²) in [5.41, 5.74) is 7.88. The van der Waals surface area contributed by atoms with Crippen molar-refractivity contribution in [1.82, 2.24) is 54.2 Å².